The lowest BCUT2D eigenvalue weighted by atomic mass is 10.1. The van der Waals surface area contributed by atoms with Crippen molar-refractivity contribution in [1.82, 2.24) is 0 Å². The molecule has 1 heteroatoms. The Hall–Kier alpha value is -0.820. The van der Waals surface area contributed by atoms with Crippen molar-refractivity contribution in [2.75, 3.05) is 6.54 Å². The molecule has 0 aromatic rings. The van der Waals surface area contributed by atoms with E-state index in [1.54, 1.807) is 6.08 Å². The van der Waals surface area contributed by atoms with Crippen LogP contribution in [0.1, 0.15) is 6.92 Å². The van der Waals surface area contributed by atoms with E-state index in [2.05, 4.69) is 13.2 Å². The van der Waals surface area contributed by atoms with Gasteiger partial charge in [0.05, 0.1) is 0 Å². The molecule has 0 unspecified atom stereocenters. The van der Waals surface area contributed by atoms with Gasteiger partial charge in [0, 0.05) is 6.54 Å². The zero-order valence-corrected chi connectivity index (χ0v) is 5.85. The molecule has 0 saturated heterocycles. The summed E-state index contributed by atoms with van der Waals surface area (Å²) in [5, 5.41) is 0. The van der Waals surface area contributed by atoms with Gasteiger partial charge in [0.2, 0.25) is 0 Å². The first kappa shape index (κ1) is 8.18. The lowest BCUT2D eigenvalue weighted by molar-refractivity contribution is 1.15. The molecule has 0 aliphatic carbocycles. The van der Waals surface area contributed by atoms with E-state index in [0.717, 1.165) is 11.1 Å². The second-order valence-corrected chi connectivity index (χ2v) is 1.91. The van der Waals surface area contributed by atoms with Crippen molar-refractivity contribution in [3.8, 4) is 0 Å². The first-order valence-electron chi connectivity index (χ1n) is 2.90. The molecule has 0 radical (unpaired) electrons. The van der Waals surface area contributed by atoms with Crippen LogP contribution in [0.2, 0.25) is 0 Å². The Morgan fingerprint density at radius 3 is 2.33 bits per heavy atom. The molecule has 9 heavy (non-hydrogen) atoms. The summed E-state index contributed by atoms with van der Waals surface area (Å²) in [6.07, 6.45) is 3.60. The van der Waals surface area contributed by atoms with Gasteiger partial charge in [0.15, 0.2) is 0 Å². The van der Waals surface area contributed by atoms with Gasteiger partial charge >= 0.3 is 0 Å². The van der Waals surface area contributed by atoms with E-state index in [1.165, 1.54) is 0 Å². The fourth-order valence-electron chi connectivity index (χ4n) is 0.527. The maximum absolute atomic E-state index is 5.38. The molecular weight excluding hydrogens is 110 g/mol. The third kappa shape index (κ3) is 2.88. The SMILES string of the molecule is C=CC=C(CN)C(=C)C. The van der Waals surface area contributed by atoms with Gasteiger partial charge in [-0.15, -0.1) is 0 Å². The van der Waals surface area contributed by atoms with Crippen LogP contribution < -0.4 is 5.73 Å². The highest BCUT2D eigenvalue weighted by atomic mass is 14.5. The standard InChI is InChI=1S/C8H13N/c1-4-5-8(6-9)7(2)3/h4-5H,1-2,6,9H2,3H3. The Labute approximate surface area is 56.6 Å². The monoisotopic (exact) mass is 123 g/mol. The summed E-state index contributed by atoms with van der Waals surface area (Å²) in [4.78, 5) is 0. The van der Waals surface area contributed by atoms with Crippen molar-refractivity contribution in [1.29, 1.82) is 0 Å². The summed E-state index contributed by atoms with van der Waals surface area (Å²) in [5.74, 6) is 0. The molecule has 0 rings (SSSR count). The van der Waals surface area contributed by atoms with Gasteiger partial charge in [0.1, 0.15) is 0 Å². The smallest absolute Gasteiger partial charge is 0.0180 e. The van der Waals surface area contributed by atoms with Crippen LogP contribution in [-0.4, -0.2) is 6.54 Å². The van der Waals surface area contributed by atoms with Gasteiger partial charge in [-0.3, -0.25) is 0 Å². The summed E-state index contributed by atoms with van der Waals surface area (Å²) in [6.45, 7) is 9.78. The molecule has 0 aliphatic rings. The van der Waals surface area contributed by atoms with Crippen molar-refractivity contribution in [3.05, 3.63) is 36.5 Å². The molecule has 0 atom stereocenters. The van der Waals surface area contributed by atoms with Gasteiger partial charge < -0.3 is 5.73 Å². The third-order valence-corrected chi connectivity index (χ3v) is 1.09. The highest BCUT2D eigenvalue weighted by molar-refractivity contribution is 5.30. The van der Waals surface area contributed by atoms with Crippen molar-refractivity contribution < 1.29 is 0 Å². The van der Waals surface area contributed by atoms with Crippen LogP contribution in [0.4, 0.5) is 0 Å². The predicted molar refractivity (Wildman–Crippen MR) is 42.1 cm³/mol. The third-order valence-electron chi connectivity index (χ3n) is 1.09. The van der Waals surface area contributed by atoms with Gasteiger partial charge in [-0.2, -0.15) is 0 Å². The maximum Gasteiger partial charge on any atom is 0.0180 e. The molecule has 50 valence electrons. The second-order valence-electron chi connectivity index (χ2n) is 1.91. The number of allylic oxidation sites excluding steroid dienone is 2. The molecule has 0 spiro atoms. The minimum absolute atomic E-state index is 0.543. The predicted octanol–water partition coefficient (Wildman–Crippen LogP) is 1.63. The van der Waals surface area contributed by atoms with E-state index < -0.39 is 0 Å². The molecule has 0 amide bonds. The number of rotatable bonds is 3. The van der Waals surface area contributed by atoms with Crippen LogP contribution in [0, 0.1) is 0 Å². The summed E-state index contributed by atoms with van der Waals surface area (Å²) in [5.41, 5.74) is 7.45. The number of hydrogen-bond acceptors (Lipinski definition) is 1. The zero-order chi connectivity index (χ0) is 7.28. The summed E-state index contributed by atoms with van der Waals surface area (Å²) in [6, 6.07) is 0. The Morgan fingerprint density at radius 1 is 1.67 bits per heavy atom. The molecule has 2 N–H and O–H groups in total. The lowest BCUT2D eigenvalue weighted by Crippen LogP contribution is -2.02. The van der Waals surface area contributed by atoms with E-state index in [-0.39, 0.29) is 0 Å². The molecule has 0 heterocycles. The molecular formula is C8H13N. The molecule has 0 aromatic carbocycles. The van der Waals surface area contributed by atoms with Crippen LogP contribution in [0.15, 0.2) is 36.5 Å². The highest BCUT2D eigenvalue weighted by Crippen LogP contribution is 2.03. The Morgan fingerprint density at radius 2 is 2.22 bits per heavy atom. The van der Waals surface area contributed by atoms with E-state index >= 15 is 0 Å². The van der Waals surface area contributed by atoms with Crippen LogP contribution in [0.25, 0.3) is 0 Å². The van der Waals surface area contributed by atoms with Crippen molar-refractivity contribution in [3.63, 3.8) is 0 Å². The van der Waals surface area contributed by atoms with E-state index in [0.29, 0.717) is 6.54 Å². The summed E-state index contributed by atoms with van der Waals surface area (Å²) in [7, 11) is 0. The van der Waals surface area contributed by atoms with E-state index in [4.69, 9.17) is 5.73 Å². The number of hydrogen-bond donors (Lipinski definition) is 1. The molecule has 0 bridgehead atoms. The molecule has 0 aromatic heterocycles. The summed E-state index contributed by atoms with van der Waals surface area (Å²) >= 11 is 0. The Bertz CT molecular complexity index is 143. The van der Waals surface area contributed by atoms with Crippen LogP contribution in [0.3, 0.4) is 0 Å². The summed E-state index contributed by atoms with van der Waals surface area (Å²) < 4.78 is 0. The number of nitrogens with two attached hydrogens (primary N) is 1. The van der Waals surface area contributed by atoms with Gasteiger partial charge in [-0.05, 0) is 12.5 Å². The first-order chi connectivity index (χ1) is 4.22. The zero-order valence-electron chi connectivity index (χ0n) is 5.85. The largest absolute Gasteiger partial charge is 0.326 e. The van der Waals surface area contributed by atoms with Crippen molar-refractivity contribution in [2.45, 2.75) is 6.92 Å². The first-order valence-corrected chi connectivity index (χ1v) is 2.90. The molecule has 0 fully saturated rings. The fourth-order valence-corrected chi connectivity index (χ4v) is 0.527. The molecule has 1 nitrogen and oxygen atoms in total. The highest BCUT2D eigenvalue weighted by Gasteiger charge is 1.89. The normalized spacial score (nSPS) is 11.1. The fraction of sp³-hybridized carbons (Fsp3) is 0.250. The lowest BCUT2D eigenvalue weighted by Gasteiger charge is -1.99. The second kappa shape index (κ2) is 4.10. The van der Waals surface area contributed by atoms with Gasteiger partial charge in [-0.1, -0.05) is 30.9 Å². The average Bonchev–Trinajstić information content (AvgIpc) is 1.82. The molecule has 0 aliphatic heterocycles. The maximum atomic E-state index is 5.38. The quantitative estimate of drug-likeness (QED) is 0.567. The Kier molecular flexibility index (Phi) is 3.72. The average molecular weight is 123 g/mol. The minimum Gasteiger partial charge on any atom is -0.326 e. The van der Waals surface area contributed by atoms with Gasteiger partial charge in [-0.25, -0.2) is 0 Å². The van der Waals surface area contributed by atoms with Crippen molar-refractivity contribution in [2.24, 2.45) is 5.73 Å². The van der Waals surface area contributed by atoms with Crippen molar-refractivity contribution >= 4 is 0 Å². The van der Waals surface area contributed by atoms with E-state index in [9.17, 15) is 0 Å². The Balaban J connectivity index is 4.14. The van der Waals surface area contributed by atoms with Crippen LogP contribution >= 0.6 is 0 Å². The van der Waals surface area contributed by atoms with Gasteiger partial charge in [0.25, 0.3) is 0 Å². The topological polar surface area (TPSA) is 26.0 Å². The van der Waals surface area contributed by atoms with Crippen LogP contribution in [0.5, 0.6) is 0 Å². The van der Waals surface area contributed by atoms with Crippen LogP contribution in [-0.2, 0) is 0 Å². The minimum atomic E-state index is 0.543. The van der Waals surface area contributed by atoms with E-state index in [1.807, 2.05) is 13.0 Å². The molecule has 0 saturated carbocycles.